The van der Waals surface area contributed by atoms with Gasteiger partial charge in [-0.25, -0.2) is 8.42 Å². The first kappa shape index (κ1) is 16.6. The van der Waals surface area contributed by atoms with E-state index in [2.05, 4.69) is 5.10 Å². The molecule has 5 nitrogen and oxygen atoms in total. The molecule has 130 valence electrons. The molecule has 1 saturated heterocycles. The molecule has 2 aliphatic rings. The highest BCUT2D eigenvalue weighted by molar-refractivity contribution is 7.91. The lowest BCUT2D eigenvalue weighted by Gasteiger charge is -2.14. The molecule has 0 radical (unpaired) electrons. The molecule has 2 aromatic rings. The number of ether oxygens (including phenoxy) is 1. The van der Waals surface area contributed by atoms with Crippen LogP contribution in [0.25, 0.3) is 0 Å². The summed E-state index contributed by atoms with van der Waals surface area (Å²) in [6, 6.07) is 14.5. The third-order valence-corrected chi connectivity index (χ3v) is 6.33. The molecule has 1 unspecified atom stereocenters. The third-order valence-electron chi connectivity index (χ3n) is 4.28. The van der Waals surface area contributed by atoms with Crippen molar-refractivity contribution >= 4 is 32.8 Å². The van der Waals surface area contributed by atoms with Gasteiger partial charge < -0.3 is 4.74 Å². The molecule has 2 heterocycles. The van der Waals surface area contributed by atoms with Crippen molar-refractivity contribution in [1.82, 2.24) is 0 Å². The molecule has 25 heavy (non-hydrogen) atoms. The number of epoxide rings is 1. The summed E-state index contributed by atoms with van der Waals surface area (Å²) >= 11 is 5.92. The average molecular weight is 377 g/mol. The predicted molar refractivity (Wildman–Crippen MR) is 98.2 cm³/mol. The van der Waals surface area contributed by atoms with Crippen LogP contribution < -0.4 is 5.01 Å². The van der Waals surface area contributed by atoms with E-state index in [-0.39, 0.29) is 11.9 Å². The molecule has 0 saturated carbocycles. The van der Waals surface area contributed by atoms with Gasteiger partial charge in [0.1, 0.15) is 0 Å². The maximum absolute atomic E-state index is 12.2. The van der Waals surface area contributed by atoms with E-state index < -0.39 is 9.84 Å². The van der Waals surface area contributed by atoms with Gasteiger partial charge in [0.05, 0.1) is 34.8 Å². The van der Waals surface area contributed by atoms with Gasteiger partial charge in [-0.05, 0) is 42.0 Å². The van der Waals surface area contributed by atoms with E-state index >= 15 is 0 Å². The number of benzene rings is 2. The van der Waals surface area contributed by atoms with Crippen LogP contribution in [0.4, 0.5) is 5.69 Å². The third kappa shape index (κ3) is 3.71. The maximum atomic E-state index is 12.2. The van der Waals surface area contributed by atoms with E-state index in [0.717, 1.165) is 29.9 Å². The highest BCUT2D eigenvalue weighted by atomic mass is 35.5. The zero-order valence-electron chi connectivity index (χ0n) is 13.4. The summed E-state index contributed by atoms with van der Waals surface area (Å²) in [5, 5.41) is 7.24. The van der Waals surface area contributed by atoms with Gasteiger partial charge in [-0.15, -0.1) is 0 Å². The Labute approximate surface area is 151 Å². The number of hydrogen-bond donors (Lipinski definition) is 0. The molecule has 0 N–H and O–H groups in total. The molecule has 0 spiro atoms. The fraction of sp³-hybridized carbons (Fsp3) is 0.278. The van der Waals surface area contributed by atoms with Crippen LogP contribution in [-0.2, 0) is 14.6 Å². The Kier molecular flexibility index (Phi) is 4.27. The van der Waals surface area contributed by atoms with E-state index in [4.69, 9.17) is 16.3 Å². The summed E-state index contributed by atoms with van der Waals surface area (Å²) < 4.78 is 29.5. The van der Waals surface area contributed by atoms with Gasteiger partial charge in [0, 0.05) is 18.0 Å². The molecule has 4 rings (SSSR count). The summed E-state index contributed by atoms with van der Waals surface area (Å²) in [5.74, 6) is 0.0505. The number of hydrazone groups is 1. The van der Waals surface area contributed by atoms with Crippen molar-refractivity contribution in [1.29, 1.82) is 0 Å². The van der Waals surface area contributed by atoms with Crippen molar-refractivity contribution in [3.8, 4) is 0 Å². The van der Waals surface area contributed by atoms with Gasteiger partial charge in [-0.3, -0.25) is 5.01 Å². The van der Waals surface area contributed by atoms with Crippen LogP contribution in [0, 0.1) is 0 Å². The van der Waals surface area contributed by atoms with Crippen LogP contribution in [0.3, 0.4) is 0 Å². The summed E-state index contributed by atoms with van der Waals surface area (Å²) in [5.41, 5.74) is 2.93. The van der Waals surface area contributed by atoms with E-state index in [1.165, 1.54) is 0 Å². The molecule has 0 amide bonds. The Hall–Kier alpha value is -1.89. The second-order valence-corrected chi connectivity index (χ2v) is 8.63. The van der Waals surface area contributed by atoms with Crippen molar-refractivity contribution in [2.45, 2.75) is 17.4 Å². The Balaban J connectivity index is 1.51. The zero-order chi connectivity index (χ0) is 17.4. The Morgan fingerprint density at radius 1 is 1.12 bits per heavy atom. The summed E-state index contributed by atoms with van der Waals surface area (Å²) in [6.45, 7) is 1.30. The van der Waals surface area contributed by atoms with Gasteiger partial charge in [-0.2, -0.15) is 5.10 Å². The van der Waals surface area contributed by atoms with E-state index in [1.54, 1.807) is 24.3 Å². The van der Waals surface area contributed by atoms with Crippen LogP contribution in [-0.4, -0.2) is 39.1 Å². The van der Waals surface area contributed by atoms with Crippen LogP contribution in [0.5, 0.6) is 0 Å². The van der Waals surface area contributed by atoms with Crippen LogP contribution in [0.15, 0.2) is 58.5 Å². The lowest BCUT2D eigenvalue weighted by Crippen LogP contribution is -2.13. The first-order valence-corrected chi connectivity index (χ1v) is 10.1. The SMILES string of the molecule is O=S(=O)(CC1CO1)c1ccc(N2CCC(c3ccc(Cl)cc3)=N2)cc1. The van der Waals surface area contributed by atoms with Gasteiger partial charge >= 0.3 is 0 Å². The van der Waals surface area contributed by atoms with E-state index in [1.807, 2.05) is 29.3 Å². The van der Waals surface area contributed by atoms with Crippen LogP contribution in [0.2, 0.25) is 5.02 Å². The van der Waals surface area contributed by atoms with Gasteiger partial charge in [0.25, 0.3) is 0 Å². The predicted octanol–water partition coefficient (Wildman–Crippen LogP) is 3.13. The Morgan fingerprint density at radius 3 is 2.44 bits per heavy atom. The van der Waals surface area contributed by atoms with Crippen molar-refractivity contribution in [3.63, 3.8) is 0 Å². The number of halogens is 1. The molecule has 0 bridgehead atoms. The Morgan fingerprint density at radius 2 is 1.80 bits per heavy atom. The van der Waals surface area contributed by atoms with Gasteiger partial charge in [0.15, 0.2) is 9.84 Å². The molecular formula is C18H17ClN2O3S. The average Bonchev–Trinajstić information content (AvgIpc) is 3.27. The molecule has 7 heteroatoms. The first-order valence-electron chi connectivity index (χ1n) is 8.07. The van der Waals surface area contributed by atoms with Gasteiger partial charge in [-0.1, -0.05) is 23.7 Å². The molecule has 2 aromatic carbocycles. The minimum atomic E-state index is -3.29. The quantitative estimate of drug-likeness (QED) is 0.752. The lowest BCUT2D eigenvalue weighted by molar-refractivity contribution is 0.422. The van der Waals surface area contributed by atoms with Crippen molar-refractivity contribution in [2.24, 2.45) is 5.10 Å². The number of anilines is 1. The lowest BCUT2D eigenvalue weighted by atomic mass is 10.1. The number of sulfone groups is 1. The number of nitrogens with zero attached hydrogens (tertiary/aromatic N) is 2. The second-order valence-electron chi connectivity index (χ2n) is 6.16. The highest BCUT2D eigenvalue weighted by Crippen LogP contribution is 2.25. The molecular weight excluding hydrogens is 360 g/mol. The fourth-order valence-electron chi connectivity index (χ4n) is 2.82. The van der Waals surface area contributed by atoms with Crippen LogP contribution >= 0.6 is 11.6 Å². The van der Waals surface area contributed by atoms with E-state index in [9.17, 15) is 8.42 Å². The smallest absolute Gasteiger partial charge is 0.181 e. The number of rotatable bonds is 5. The first-order chi connectivity index (χ1) is 12.0. The molecule has 1 atom stereocenters. The normalized spacial score (nSPS) is 19.8. The van der Waals surface area contributed by atoms with Crippen molar-refractivity contribution in [3.05, 3.63) is 59.1 Å². The monoisotopic (exact) mass is 376 g/mol. The largest absolute Gasteiger partial charge is 0.372 e. The number of hydrogen-bond acceptors (Lipinski definition) is 5. The molecule has 1 fully saturated rings. The maximum Gasteiger partial charge on any atom is 0.181 e. The fourth-order valence-corrected chi connectivity index (χ4v) is 4.37. The standard InChI is InChI=1S/C18H17ClN2O3S/c19-14-3-1-13(2-4-14)18-9-10-21(20-18)15-5-7-17(8-6-15)25(22,23)12-16-11-24-16/h1-8,16H,9-12H2. The van der Waals surface area contributed by atoms with Crippen molar-refractivity contribution in [2.75, 3.05) is 23.9 Å². The van der Waals surface area contributed by atoms with Crippen molar-refractivity contribution < 1.29 is 13.2 Å². The minimum Gasteiger partial charge on any atom is -0.372 e. The zero-order valence-corrected chi connectivity index (χ0v) is 15.0. The summed E-state index contributed by atoms with van der Waals surface area (Å²) in [7, 11) is -3.29. The summed E-state index contributed by atoms with van der Waals surface area (Å²) in [6.07, 6.45) is 0.690. The molecule has 2 aliphatic heterocycles. The Bertz CT molecular complexity index is 904. The minimum absolute atomic E-state index is 0.0505. The van der Waals surface area contributed by atoms with Gasteiger partial charge in [0.2, 0.25) is 0 Å². The topological polar surface area (TPSA) is 62.3 Å². The second kappa shape index (κ2) is 6.44. The molecule has 0 aliphatic carbocycles. The van der Waals surface area contributed by atoms with Crippen LogP contribution in [0.1, 0.15) is 12.0 Å². The molecule has 0 aromatic heterocycles. The highest BCUT2D eigenvalue weighted by Gasteiger charge is 2.30. The summed E-state index contributed by atoms with van der Waals surface area (Å²) in [4.78, 5) is 0.327. The van der Waals surface area contributed by atoms with E-state index in [0.29, 0.717) is 16.5 Å².